The van der Waals surface area contributed by atoms with E-state index in [0.717, 1.165) is 55.8 Å². The molecule has 2 aromatic carbocycles. The standard InChI is InChI=1S/C25H29N3O2/c1-28(16-8-13-22-17-23(27-30-22)20-9-4-2-5-10-20)18-24(29)26-19-25(14-15-25)21-11-6-3-7-12-21/h2-7,9-12,17H,8,13-16,18-19H2,1H3,(H,26,29). The van der Waals surface area contributed by atoms with Crippen LogP contribution in [0.4, 0.5) is 0 Å². The number of benzene rings is 2. The fourth-order valence-corrected chi connectivity index (χ4v) is 3.86. The van der Waals surface area contributed by atoms with Crippen LogP contribution in [0.5, 0.6) is 0 Å². The largest absolute Gasteiger partial charge is 0.361 e. The average Bonchev–Trinajstić information content (AvgIpc) is 3.43. The Morgan fingerprint density at radius 1 is 1.10 bits per heavy atom. The lowest BCUT2D eigenvalue weighted by Crippen LogP contribution is -2.39. The number of hydrogen-bond donors (Lipinski definition) is 1. The maximum absolute atomic E-state index is 12.4. The molecule has 1 saturated carbocycles. The van der Waals surface area contributed by atoms with Gasteiger partial charge < -0.3 is 9.84 Å². The van der Waals surface area contributed by atoms with E-state index in [2.05, 4.69) is 39.6 Å². The smallest absolute Gasteiger partial charge is 0.234 e. The van der Waals surface area contributed by atoms with Gasteiger partial charge in [-0.15, -0.1) is 0 Å². The summed E-state index contributed by atoms with van der Waals surface area (Å²) >= 11 is 0. The predicted molar refractivity (Wildman–Crippen MR) is 118 cm³/mol. The van der Waals surface area contributed by atoms with Crippen LogP contribution in [0.1, 0.15) is 30.6 Å². The Bertz CT molecular complexity index is 949. The number of carbonyl (C=O) groups is 1. The lowest BCUT2D eigenvalue weighted by Gasteiger charge is -2.19. The molecule has 0 radical (unpaired) electrons. The van der Waals surface area contributed by atoms with Crippen LogP contribution >= 0.6 is 0 Å². The van der Waals surface area contributed by atoms with E-state index >= 15 is 0 Å². The maximum atomic E-state index is 12.4. The zero-order chi connectivity index (χ0) is 20.8. The van der Waals surface area contributed by atoms with E-state index in [1.807, 2.05) is 49.5 Å². The van der Waals surface area contributed by atoms with Crippen molar-refractivity contribution < 1.29 is 9.32 Å². The summed E-state index contributed by atoms with van der Waals surface area (Å²) in [5.74, 6) is 0.968. The van der Waals surface area contributed by atoms with Gasteiger partial charge in [0.15, 0.2) is 0 Å². The van der Waals surface area contributed by atoms with Crippen molar-refractivity contribution in [1.82, 2.24) is 15.4 Å². The second-order valence-corrected chi connectivity index (χ2v) is 8.31. The highest BCUT2D eigenvalue weighted by molar-refractivity contribution is 5.78. The summed E-state index contributed by atoms with van der Waals surface area (Å²) < 4.78 is 5.46. The molecule has 1 aliphatic rings. The minimum absolute atomic E-state index is 0.0886. The van der Waals surface area contributed by atoms with Crippen LogP contribution in [0.25, 0.3) is 11.3 Å². The first-order chi connectivity index (χ1) is 14.6. The number of nitrogens with one attached hydrogen (secondary N) is 1. The highest BCUT2D eigenvalue weighted by Gasteiger charge is 2.44. The fraction of sp³-hybridized carbons (Fsp3) is 0.360. The SMILES string of the molecule is CN(CCCc1cc(-c2ccccc2)no1)CC(=O)NCC1(c2ccccc2)CC1. The molecule has 1 aromatic heterocycles. The van der Waals surface area contributed by atoms with E-state index < -0.39 is 0 Å². The number of rotatable bonds is 10. The molecule has 156 valence electrons. The first kappa shape index (κ1) is 20.4. The molecule has 0 bridgehead atoms. The third kappa shape index (κ3) is 5.16. The minimum atomic E-state index is 0.0886. The molecule has 5 nitrogen and oxygen atoms in total. The van der Waals surface area contributed by atoms with E-state index in [-0.39, 0.29) is 11.3 Å². The highest BCUT2D eigenvalue weighted by Crippen LogP contribution is 2.47. The van der Waals surface area contributed by atoms with Gasteiger partial charge in [-0.1, -0.05) is 65.8 Å². The molecule has 0 saturated heterocycles. The molecule has 0 aliphatic heterocycles. The lowest BCUT2D eigenvalue weighted by atomic mass is 9.96. The molecule has 1 aliphatic carbocycles. The van der Waals surface area contributed by atoms with Gasteiger partial charge in [-0.25, -0.2) is 0 Å². The molecule has 4 rings (SSSR count). The van der Waals surface area contributed by atoms with Crippen LogP contribution in [0.2, 0.25) is 0 Å². The van der Waals surface area contributed by atoms with Crippen molar-refractivity contribution in [3.8, 4) is 11.3 Å². The number of likely N-dealkylation sites (N-methyl/N-ethyl adjacent to an activating group) is 1. The Hall–Kier alpha value is -2.92. The molecule has 0 spiro atoms. The van der Waals surface area contributed by atoms with Gasteiger partial charge in [0.25, 0.3) is 0 Å². The molecule has 1 heterocycles. The second-order valence-electron chi connectivity index (χ2n) is 8.31. The third-order valence-electron chi connectivity index (χ3n) is 5.87. The highest BCUT2D eigenvalue weighted by atomic mass is 16.5. The molecule has 1 amide bonds. The van der Waals surface area contributed by atoms with Gasteiger partial charge in [-0.3, -0.25) is 9.69 Å². The summed E-state index contributed by atoms with van der Waals surface area (Å²) in [6.45, 7) is 1.97. The van der Waals surface area contributed by atoms with Gasteiger partial charge in [-0.05, 0) is 38.4 Å². The average molecular weight is 404 g/mol. The Kier molecular flexibility index (Phi) is 6.29. The Balaban J connectivity index is 1.17. The number of carbonyl (C=O) groups excluding carboxylic acids is 1. The number of hydrogen-bond acceptors (Lipinski definition) is 4. The zero-order valence-corrected chi connectivity index (χ0v) is 17.5. The Labute approximate surface area is 178 Å². The molecule has 5 heteroatoms. The van der Waals surface area contributed by atoms with Crippen LogP contribution < -0.4 is 5.32 Å². The first-order valence-corrected chi connectivity index (χ1v) is 10.7. The number of aryl methyl sites for hydroxylation is 1. The van der Waals surface area contributed by atoms with Crippen LogP contribution in [0.15, 0.2) is 71.3 Å². The van der Waals surface area contributed by atoms with Crippen molar-refractivity contribution in [1.29, 1.82) is 0 Å². The zero-order valence-electron chi connectivity index (χ0n) is 17.5. The molecule has 30 heavy (non-hydrogen) atoms. The normalized spacial score (nSPS) is 14.6. The Morgan fingerprint density at radius 2 is 1.80 bits per heavy atom. The predicted octanol–water partition coefficient (Wildman–Crippen LogP) is 4.05. The summed E-state index contributed by atoms with van der Waals surface area (Å²) in [5, 5.41) is 7.29. The van der Waals surface area contributed by atoms with Gasteiger partial charge in [0, 0.05) is 30.0 Å². The lowest BCUT2D eigenvalue weighted by molar-refractivity contribution is -0.122. The molecule has 1 fully saturated rings. The monoisotopic (exact) mass is 403 g/mol. The van der Waals surface area contributed by atoms with Crippen LogP contribution in [0.3, 0.4) is 0 Å². The van der Waals surface area contributed by atoms with E-state index in [0.29, 0.717) is 6.54 Å². The van der Waals surface area contributed by atoms with Gasteiger partial charge in [0.1, 0.15) is 11.5 Å². The van der Waals surface area contributed by atoms with Gasteiger partial charge in [0.2, 0.25) is 5.91 Å². The minimum Gasteiger partial charge on any atom is -0.361 e. The van der Waals surface area contributed by atoms with E-state index in [9.17, 15) is 4.79 Å². The Morgan fingerprint density at radius 3 is 2.50 bits per heavy atom. The summed E-state index contributed by atoms with van der Waals surface area (Å²) in [7, 11) is 1.99. The topological polar surface area (TPSA) is 58.4 Å². The molecule has 0 unspecified atom stereocenters. The second kappa shape index (κ2) is 9.26. The van der Waals surface area contributed by atoms with Gasteiger partial charge in [-0.2, -0.15) is 0 Å². The van der Waals surface area contributed by atoms with Crippen molar-refractivity contribution >= 4 is 5.91 Å². The van der Waals surface area contributed by atoms with E-state index in [1.54, 1.807) is 0 Å². The molecular formula is C25H29N3O2. The summed E-state index contributed by atoms with van der Waals surface area (Å²) in [6.07, 6.45) is 4.02. The number of nitrogens with zero attached hydrogens (tertiary/aromatic N) is 2. The quantitative estimate of drug-likeness (QED) is 0.555. The maximum Gasteiger partial charge on any atom is 0.234 e. The summed E-state index contributed by atoms with van der Waals surface area (Å²) in [6, 6.07) is 22.5. The molecule has 0 atom stereocenters. The fourth-order valence-electron chi connectivity index (χ4n) is 3.86. The third-order valence-corrected chi connectivity index (χ3v) is 5.87. The summed E-state index contributed by atoms with van der Waals surface area (Å²) in [4.78, 5) is 14.4. The van der Waals surface area contributed by atoms with Gasteiger partial charge >= 0.3 is 0 Å². The number of aromatic nitrogens is 1. The van der Waals surface area contributed by atoms with E-state index in [1.165, 1.54) is 5.56 Å². The van der Waals surface area contributed by atoms with Crippen molar-refractivity contribution in [2.45, 2.75) is 31.1 Å². The first-order valence-electron chi connectivity index (χ1n) is 10.7. The molecule has 1 N–H and O–H groups in total. The van der Waals surface area contributed by atoms with Crippen LogP contribution in [-0.4, -0.2) is 42.6 Å². The van der Waals surface area contributed by atoms with Crippen molar-refractivity contribution in [3.05, 3.63) is 78.1 Å². The van der Waals surface area contributed by atoms with Crippen LogP contribution in [0, 0.1) is 0 Å². The number of amides is 1. The molecule has 3 aromatic rings. The summed E-state index contributed by atoms with van der Waals surface area (Å²) in [5.41, 5.74) is 3.41. The van der Waals surface area contributed by atoms with Gasteiger partial charge in [0.05, 0.1) is 6.54 Å². The van der Waals surface area contributed by atoms with Crippen molar-refractivity contribution in [2.75, 3.05) is 26.7 Å². The van der Waals surface area contributed by atoms with Crippen molar-refractivity contribution in [3.63, 3.8) is 0 Å². The van der Waals surface area contributed by atoms with E-state index in [4.69, 9.17) is 4.52 Å². The van der Waals surface area contributed by atoms with Crippen molar-refractivity contribution in [2.24, 2.45) is 0 Å². The van der Waals surface area contributed by atoms with Crippen LogP contribution in [-0.2, 0) is 16.6 Å². The molecular weight excluding hydrogens is 374 g/mol.